The second kappa shape index (κ2) is 7.50. The van der Waals surface area contributed by atoms with Crippen molar-refractivity contribution in [1.29, 1.82) is 0 Å². The van der Waals surface area contributed by atoms with Crippen molar-refractivity contribution in [3.05, 3.63) is 22.5 Å². The molecule has 7 nitrogen and oxygen atoms in total. The van der Waals surface area contributed by atoms with Crippen LogP contribution in [-0.4, -0.2) is 42.1 Å². The zero-order valence-electron chi connectivity index (χ0n) is 18.2. The SMILES string of the molecule is CCOC(=O)c1c(C)[nH]c(C(=O)OCC(=O)NC2CC3CCC2(C)C3(C)C)c1C. The first-order chi connectivity index (χ1) is 13.5. The Morgan fingerprint density at radius 1 is 1.14 bits per heavy atom. The van der Waals surface area contributed by atoms with Gasteiger partial charge in [0.1, 0.15) is 5.69 Å². The zero-order valence-corrected chi connectivity index (χ0v) is 18.2. The van der Waals surface area contributed by atoms with Gasteiger partial charge in [-0.1, -0.05) is 20.8 Å². The normalized spacial score (nSPS) is 27.0. The smallest absolute Gasteiger partial charge is 0.355 e. The predicted octanol–water partition coefficient (Wildman–Crippen LogP) is 3.30. The molecule has 2 saturated carbocycles. The van der Waals surface area contributed by atoms with Gasteiger partial charge in [-0.3, -0.25) is 4.79 Å². The Balaban J connectivity index is 1.60. The summed E-state index contributed by atoms with van der Waals surface area (Å²) in [6, 6.07) is 0.104. The van der Waals surface area contributed by atoms with Gasteiger partial charge < -0.3 is 19.8 Å². The molecule has 2 bridgehead atoms. The molecule has 1 amide bonds. The molecule has 1 heterocycles. The molecule has 0 aliphatic heterocycles. The lowest BCUT2D eigenvalue weighted by molar-refractivity contribution is -0.126. The molecule has 0 spiro atoms. The first-order valence-corrected chi connectivity index (χ1v) is 10.4. The van der Waals surface area contributed by atoms with Gasteiger partial charge in [-0.2, -0.15) is 0 Å². The third kappa shape index (κ3) is 3.45. The minimum absolute atomic E-state index is 0.0685. The number of hydrogen-bond acceptors (Lipinski definition) is 5. The molecular formula is C22H32N2O5. The highest BCUT2D eigenvalue weighted by atomic mass is 16.5. The van der Waals surface area contributed by atoms with Crippen molar-refractivity contribution < 1.29 is 23.9 Å². The van der Waals surface area contributed by atoms with Crippen LogP contribution in [0.2, 0.25) is 0 Å². The van der Waals surface area contributed by atoms with Gasteiger partial charge in [0.15, 0.2) is 6.61 Å². The number of carbonyl (C=O) groups excluding carboxylic acids is 3. The maximum absolute atomic E-state index is 12.5. The molecule has 3 rings (SSSR count). The van der Waals surface area contributed by atoms with E-state index in [1.54, 1.807) is 20.8 Å². The fourth-order valence-corrected chi connectivity index (χ4v) is 5.32. The molecule has 3 unspecified atom stereocenters. The summed E-state index contributed by atoms with van der Waals surface area (Å²) in [6.07, 6.45) is 3.28. The number of H-pyrrole nitrogens is 1. The second-order valence-electron chi connectivity index (χ2n) is 9.15. The summed E-state index contributed by atoms with van der Waals surface area (Å²) in [6.45, 7) is 11.8. The van der Waals surface area contributed by atoms with Gasteiger partial charge in [-0.05, 0) is 62.3 Å². The van der Waals surface area contributed by atoms with E-state index in [0.717, 1.165) is 12.8 Å². The van der Waals surface area contributed by atoms with Gasteiger partial charge in [0.05, 0.1) is 12.2 Å². The van der Waals surface area contributed by atoms with Crippen LogP contribution in [0.5, 0.6) is 0 Å². The van der Waals surface area contributed by atoms with Crippen LogP contribution in [-0.2, 0) is 14.3 Å². The Morgan fingerprint density at radius 3 is 2.38 bits per heavy atom. The zero-order chi connectivity index (χ0) is 21.6. The third-order valence-corrected chi connectivity index (χ3v) is 7.58. The first-order valence-electron chi connectivity index (χ1n) is 10.4. The third-order valence-electron chi connectivity index (χ3n) is 7.58. The van der Waals surface area contributed by atoms with Crippen LogP contribution >= 0.6 is 0 Å². The number of esters is 2. The second-order valence-corrected chi connectivity index (χ2v) is 9.15. The largest absolute Gasteiger partial charge is 0.462 e. The summed E-state index contributed by atoms with van der Waals surface area (Å²) in [5.41, 5.74) is 1.78. The Bertz CT molecular complexity index is 841. The summed E-state index contributed by atoms with van der Waals surface area (Å²) in [7, 11) is 0. The molecule has 2 N–H and O–H groups in total. The number of hydrogen-bond donors (Lipinski definition) is 2. The Labute approximate surface area is 171 Å². The van der Waals surface area contributed by atoms with Gasteiger partial charge in [-0.25, -0.2) is 9.59 Å². The Kier molecular flexibility index (Phi) is 5.54. The standard InChI is InChI=1S/C22H32N2O5/c1-7-28-19(26)17-12(2)18(23-13(17)3)20(27)29-11-16(25)24-15-10-14-8-9-22(15,6)21(14,4)5/h14-15,23H,7-11H2,1-6H3,(H,24,25). The van der Waals surface area contributed by atoms with Crippen molar-refractivity contribution in [2.75, 3.05) is 13.2 Å². The average molecular weight is 405 g/mol. The molecule has 1 aromatic heterocycles. The van der Waals surface area contributed by atoms with Crippen LogP contribution in [0.4, 0.5) is 0 Å². The highest BCUT2D eigenvalue weighted by Crippen LogP contribution is 2.65. The van der Waals surface area contributed by atoms with E-state index in [-0.39, 0.29) is 41.7 Å². The minimum atomic E-state index is -0.657. The summed E-state index contributed by atoms with van der Waals surface area (Å²) >= 11 is 0. The number of aromatic amines is 1. The first kappa shape index (κ1) is 21.4. The predicted molar refractivity (Wildman–Crippen MR) is 108 cm³/mol. The lowest BCUT2D eigenvalue weighted by Gasteiger charge is -2.39. The molecule has 7 heteroatoms. The summed E-state index contributed by atoms with van der Waals surface area (Å²) in [5.74, 6) is -0.816. The number of aryl methyl sites for hydroxylation is 1. The van der Waals surface area contributed by atoms with Gasteiger partial charge in [-0.15, -0.1) is 0 Å². The number of nitrogens with one attached hydrogen (secondary N) is 2. The monoisotopic (exact) mass is 404 g/mol. The summed E-state index contributed by atoms with van der Waals surface area (Å²) in [4.78, 5) is 39.9. The quantitative estimate of drug-likeness (QED) is 0.709. The van der Waals surface area contributed by atoms with E-state index < -0.39 is 11.9 Å². The highest BCUT2D eigenvalue weighted by molar-refractivity contribution is 5.99. The lowest BCUT2D eigenvalue weighted by Crippen LogP contribution is -2.48. The highest BCUT2D eigenvalue weighted by Gasteiger charge is 2.61. The summed E-state index contributed by atoms with van der Waals surface area (Å²) in [5, 5.41) is 3.08. The van der Waals surface area contributed by atoms with Crippen molar-refractivity contribution in [2.45, 2.75) is 66.8 Å². The van der Waals surface area contributed by atoms with Crippen LogP contribution in [0, 0.1) is 30.6 Å². The maximum atomic E-state index is 12.5. The number of rotatable bonds is 6. The van der Waals surface area contributed by atoms with Crippen LogP contribution in [0.15, 0.2) is 0 Å². The Hall–Kier alpha value is -2.31. The molecule has 1 aromatic rings. The van der Waals surface area contributed by atoms with Crippen LogP contribution in [0.3, 0.4) is 0 Å². The van der Waals surface area contributed by atoms with E-state index in [2.05, 4.69) is 31.1 Å². The molecule has 2 aliphatic rings. The van der Waals surface area contributed by atoms with E-state index >= 15 is 0 Å². The van der Waals surface area contributed by atoms with Crippen molar-refractivity contribution in [2.24, 2.45) is 16.7 Å². The molecule has 2 fully saturated rings. The number of carbonyl (C=O) groups is 3. The van der Waals surface area contributed by atoms with Crippen molar-refractivity contribution >= 4 is 17.8 Å². The minimum Gasteiger partial charge on any atom is -0.462 e. The molecular weight excluding hydrogens is 372 g/mol. The average Bonchev–Trinajstić information content (AvgIpc) is 3.13. The van der Waals surface area contributed by atoms with Gasteiger partial charge in [0.25, 0.3) is 5.91 Å². The molecule has 0 radical (unpaired) electrons. The molecule has 2 aliphatic carbocycles. The molecule has 160 valence electrons. The van der Waals surface area contributed by atoms with Gasteiger partial charge >= 0.3 is 11.9 Å². The number of ether oxygens (including phenoxy) is 2. The maximum Gasteiger partial charge on any atom is 0.355 e. The van der Waals surface area contributed by atoms with Gasteiger partial charge in [0.2, 0.25) is 0 Å². The van der Waals surface area contributed by atoms with Crippen LogP contribution in [0.1, 0.15) is 79.1 Å². The fourth-order valence-electron chi connectivity index (χ4n) is 5.32. The Morgan fingerprint density at radius 2 is 1.83 bits per heavy atom. The van der Waals surface area contributed by atoms with E-state index in [0.29, 0.717) is 22.7 Å². The van der Waals surface area contributed by atoms with Crippen LogP contribution in [0.25, 0.3) is 0 Å². The van der Waals surface area contributed by atoms with Crippen molar-refractivity contribution in [3.8, 4) is 0 Å². The molecule has 29 heavy (non-hydrogen) atoms. The molecule has 0 aromatic carbocycles. The topological polar surface area (TPSA) is 97.5 Å². The van der Waals surface area contributed by atoms with Crippen LogP contribution < -0.4 is 5.32 Å². The van der Waals surface area contributed by atoms with Gasteiger partial charge in [0, 0.05) is 11.7 Å². The van der Waals surface area contributed by atoms with E-state index in [1.165, 1.54) is 6.42 Å². The lowest BCUT2D eigenvalue weighted by atomic mass is 9.69. The number of aromatic nitrogens is 1. The number of amides is 1. The van der Waals surface area contributed by atoms with E-state index in [9.17, 15) is 14.4 Å². The van der Waals surface area contributed by atoms with E-state index in [1.807, 2.05) is 0 Å². The fraction of sp³-hybridized carbons (Fsp3) is 0.682. The van der Waals surface area contributed by atoms with Crippen molar-refractivity contribution in [1.82, 2.24) is 10.3 Å². The molecule has 3 atom stereocenters. The summed E-state index contributed by atoms with van der Waals surface area (Å²) < 4.78 is 10.3. The van der Waals surface area contributed by atoms with Crippen molar-refractivity contribution in [3.63, 3.8) is 0 Å². The number of fused-ring (bicyclic) bond motifs is 2. The van der Waals surface area contributed by atoms with E-state index in [4.69, 9.17) is 9.47 Å². The molecule has 0 saturated heterocycles.